The molecule has 0 rings (SSSR count). The van der Waals surface area contributed by atoms with Crippen LogP contribution in [-0.4, -0.2) is 25.2 Å². The minimum Gasteiger partial charge on any atom is -0.344 e. The van der Waals surface area contributed by atoms with Crippen LogP contribution in [0.4, 0.5) is 0 Å². The normalized spacial score (nSPS) is 10.2. The number of halogens is 3. The predicted molar refractivity (Wildman–Crippen MR) is 125 cm³/mol. The van der Waals surface area contributed by atoms with Crippen LogP contribution < -0.4 is 6.15 Å². The van der Waals surface area contributed by atoms with Crippen LogP contribution in [0.5, 0.6) is 0 Å². The maximum absolute atomic E-state index is 2.65. The zero-order valence-corrected chi connectivity index (χ0v) is 20.8. The van der Waals surface area contributed by atoms with E-state index < -0.39 is 7.26 Å². The third kappa shape index (κ3) is 18.6. The zero-order valence-electron chi connectivity index (χ0n) is 12.8. The molecule has 0 spiro atoms. The van der Waals surface area contributed by atoms with Crippen molar-refractivity contribution in [1.82, 2.24) is 6.15 Å². The van der Waals surface area contributed by atoms with Crippen molar-refractivity contribution in [2.24, 2.45) is 0 Å². The van der Waals surface area contributed by atoms with Gasteiger partial charge < -0.3 is 6.15 Å². The van der Waals surface area contributed by atoms with Crippen LogP contribution in [0.2, 0.25) is 0 Å². The fraction of sp³-hybridized carbons (Fsp3) is 1.00. The fourth-order valence-electron chi connectivity index (χ4n) is 2.19. The Hall–Kier alpha value is 2.58. The van der Waals surface area contributed by atoms with Crippen LogP contribution in [0.1, 0.15) is 59.3 Å². The van der Waals surface area contributed by atoms with Crippen molar-refractivity contribution < 1.29 is 0 Å². The summed E-state index contributed by atoms with van der Waals surface area (Å²) >= 11 is 0. The largest absolute Gasteiger partial charge is 0.344 e. The Morgan fingerprint density at radius 3 is 1.00 bits per heavy atom. The summed E-state index contributed by atoms with van der Waals surface area (Å²) in [7, 11) is -0.812. The van der Waals surface area contributed by atoms with E-state index >= 15 is 0 Å². The Morgan fingerprint density at radius 2 is 0.833 bits per heavy atom. The molecule has 5 heteroatoms. The molecule has 0 aliphatic rings. The van der Waals surface area contributed by atoms with E-state index in [9.17, 15) is 0 Å². The average Bonchev–Trinajstić information content (AvgIpc) is 2.21. The summed E-state index contributed by atoms with van der Waals surface area (Å²) in [4.78, 5) is 0. The zero-order chi connectivity index (χ0) is 10.9. The molecule has 0 aromatic carbocycles. The number of hydrogen-bond acceptors (Lipinski definition) is 1. The summed E-state index contributed by atoms with van der Waals surface area (Å²) in [6.07, 6.45) is 13.4. The first-order valence-electron chi connectivity index (χ1n) is 6.68. The van der Waals surface area contributed by atoms with E-state index in [2.05, 4.69) is 27.4 Å². The van der Waals surface area contributed by atoms with Crippen LogP contribution in [0.3, 0.4) is 0 Å². The topological polar surface area (TPSA) is 35.0 Å². The molecule has 0 heterocycles. The molecule has 1 nitrogen and oxygen atoms in total. The molecule has 0 aliphatic carbocycles. The minimum atomic E-state index is -0.812. The molecule has 0 fully saturated rings. The molecule has 0 radical (unpaired) electrons. The van der Waals surface area contributed by atoms with Crippen LogP contribution in [0, 0.1) is 0 Å². The molecule has 120 valence electrons. The first-order valence-corrected chi connectivity index (χ1v) is 9.80. The Kier molecular flexibility index (Phi) is 39.5. The van der Waals surface area contributed by atoms with Gasteiger partial charge >= 0.3 is 91.7 Å². The smallest absolute Gasteiger partial charge is 0.107 e. The fourth-order valence-corrected chi connectivity index (χ4v) is 6.56. The van der Waals surface area contributed by atoms with Gasteiger partial charge in [0.15, 0.2) is 0 Å². The molecule has 0 saturated heterocycles. The van der Waals surface area contributed by atoms with Gasteiger partial charge in [0.05, 0.1) is 0 Å². The van der Waals surface area contributed by atoms with E-state index in [1.807, 2.05) is 0 Å². The molecule has 0 bridgehead atoms. The van der Waals surface area contributed by atoms with Crippen LogP contribution in [-0.2, 0) is 0 Å². The van der Waals surface area contributed by atoms with Crippen molar-refractivity contribution in [2.75, 3.05) is 25.2 Å². The summed E-state index contributed by atoms with van der Waals surface area (Å²) in [6.45, 7) is 9.63. The quantitative estimate of drug-likeness (QED) is 0.224. The summed E-state index contributed by atoms with van der Waals surface area (Å²) in [5.41, 5.74) is 0. The summed E-state index contributed by atoms with van der Waals surface area (Å²) in [5, 5.41) is 0. The molecule has 3 N–H and O–H groups in total. The molecule has 0 saturated carbocycles. The molecule has 0 aromatic heterocycles. The van der Waals surface area contributed by atoms with Gasteiger partial charge in [-0.15, -0.1) is 71.9 Å². The van der Waals surface area contributed by atoms with Crippen molar-refractivity contribution in [3.63, 3.8) is 0 Å². The Morgan fingerprint density at radius 1 is 0.611 bits per heavy atom. The van der Waals surface area contributed by atoms with E-state index in [1.165, 1.54) is 38.5 Å². The SMILES string of the molecule is CCCC[PH](C)(CCCC)CCCC.I.I.I.N. The van der Waals surface area contributed by atoms with Gasteiger partial charge in [0.1, 0.15) is 0 Å². The standard InChI is InChI=1S/C13H31P.3HI.H3N/c1-5-8-11-14(4,12-9-6-2)13-10-7-3;;;;/h14H,5-13H2,1-4H3;3*1H;1H3. The van der Waals surface area contributed by atoms with Crippen LogP contribution in [0.25, 0.3) is 0 Å². The van der Waals surface area contributed by atoms with Gasteiger partial charge in [0, 0.05) is 0 Å². The van der Waals surface area contributed by atoms with Gasteiger partial charge in [-0.05, 0) is 0 Å². The maximum atomic E-state index is 2.65. The van der Waals surface area contributed by atoms with Crippen LogP contribution in [0.15, 0.2) is 0 Å². The maximum Gasteiger partial charge on any atom is -0.107 e. The first-order chi connectivity index (χ1) is 6.68. The second kappa shape index (κ2) is 21.9. The monoisotopic (exact) mass is 619 g/mol. The van der Waals surface area contributed by atoms with E-state index in [0.29, 0.717) is 0 Å². The van der Waals surface area contributed by atoms with Gasteiger partial charge in [0.25, 0.3) is 0 Å². The summed E-state index contributed by atoms with van der Waals surface area (Å²) in [5.74, 6) is 0. The molecule has 18 heavy (non-hydrogen) atoms. The number of unbranched alkanes of at least 4 members (excludes halogenated alkanes) is 3. The molecule has 0 aromatic rings. The predicted octanol–water partition coefficient (Wildman–Crippen LogP) is 6.78. The number of rotatable bonds is 9. The second-order valence-corrected chi connectivity index (χ2v) is 10.2. The summed E-state index contributed by atoms with van der Waals surface area (Å²) < 4.78 is 0. The number of hydrogen-bond donors (Lipinski definition) is 1. The van der Waals surface area contributed by atoms with Crippen molar-refractivity contribution in [3.05, 3.63) is 0 Å². The van der Waals surface area contributed by atoms with Crippen molar-refractivity contribution in [3.8, 4) is 0 Å². The third-order valence-corrected chi connectivity index (χ3v) is 8.08. The van der Waals surface area contributed by atoms with Crippen molar-refractivity contribution in [1.29, 1.82) is 0 Å². The molecular weight excluding hydrogens is 582 g/mol. The van der Waals surface area contributed by atoms with Gasteiger partial charge in [-0.25, -0.2) is 0 Å². The van der Waals surface area contributed by atoms with Crippen molar-refractivity contribution >= 4 is 79.2 Å². The summed E-state index contributed by atoms with van der Waals surface area (Å²) in [6, 6.07) is 0. The molecule has 0 unspecified atom stereocenters. The molecule has 0 atom stereocenters. The van der Waals surface area contributed by atoms with Gasteiger partial charge in [0.2, 0.25) is 0 Å². The Balaban J connectivity index is -0.000000141. The Bertz CT molecular complexity index is 116. The molecular formula is C13H37I3NP. The average molecular weight is 619 g/mol. The van der Waals surface area contributed by atoms with E-state index in [1.54, 1.807) is 18.5 Å². The molecule has 0 aliphatic heterocycles. The minimum absolute atomic E-state index is 0. The van der Waals surface area contributed by atoms with Gasteiger partial charge in [-0.2, -0.15) is 0 Å². The van der Waals surface area contributed by atoms with Gasteiger partial charge in [-0.3, -0.25) is 0 Å². The first kappa shape index (κ1) is 32.5. The van der Waals surface area contributed by atoms with Crippen molar-refractivity contribution in [2.45, 2.75) is 59.3 Å². The Labute approximate surface area is 168 Å². The van der Waals surface area contributed by atoms with E-state index in [4.69, 9.17) is 0 Å². The molecule has 0 amide bonds. The third-order valence-electron chi connectivity index (χ3n) is 3.40. The van der Waals surface area contributed by atoms with Gasteiger partial charge in [-0.1, -0.05) is 0 Å². The second-order valence-electron chi connectivity index (χ2n) is 5.12. The van der Waals surface area contributed by atoms with Crippen LogP contribution >= 0.6 is 79.2 Å². The van der Waals surface area contributed by atoms with E-state index in [-0.39, 0.29) is 78.1 Å². The van der Waals surface area contributed by atoms with E-state index in [0.717, 1.165) is 0 Å².